The molecule has 1 aliphatic heterocycles. The summed E-state index contributed by atoms with van der Waals surface area (Å²) in [4.78, 5) is 31.3. The molecule has 40 heavy (non-hydrogen) atoms. The average Bonchev–Trinajstić information content (AvgIpc) is 3.45. The van der Waals surface area contributed by atoms with Crippen LogP contribution in [0.3, 0.4) is 0 Å². The normalized spacial score (nSPS) is 14.1. The number of carbonyl (C=O) groups is 2. The Hall–Kier alpha value is -4.55. The number of nitrogens with one attached hydrogen (secondary N) is 1. The molecule has 0 saturated carbocycles. The molecule has 1 N–H and O–H groups in total. The number of para-hydroxylation sites is 2. The third kappa shape index (κ3) is 4.61. The van der Waals surface area contributed by atoms with Gasteiger partial charge in [0.25, 0.3) is 0 Å². The number of nitrogens with zero attached hydrogens (tertiary/aromatic N) is 3. The van der Waals surface area contributed by atoms with Crippen LogP contribution >= 0.6 is 11.6 Å². The van der Waals surface area contributed by atoms with Crippen LogP contribution in [0.4, 0.5) is 16.2 Å². The highest BCUT2D eigenvalue weighted by Crippen LogP contribution is 2.42. The number of halogens is 1. The van der Waals surface area contributed by atoms with Crippen molar-refractivity contribution in [3.8, 4) is 5.69 Å². The largest absolute Gasteiger partial charge is 0.322 e. The van der Waals surface area contributed by atoms with Crippen molar-refractivity contribution < 1.29 is 9.59 Å². The van der Waals surface area contributed by atoms with E-state index in [-0.39, 0.29) is 24.5 Å². The molecule has 6 rings (SSSR count). The van der Waals surface area contributed by atoms with Crippen LogP contribution in [0, 0.1) is 0 Å². The first-order valence-electron chi connectivity index (χ1n) is 13.3. The zero-order valence-corrected chi connectivity index (χ0v) is 23.0. The minimum Gasteiger partial charge on any atom is -0.316 e. The highest BCUT2D eigenvalue weighted by molar-refractivity contribution is 6.30. The molecule has 4 aromatic carbocycles. The summed E-state index contributed by atoms with van der Waals surface area (Å²) in [6.07, 6.45) is 2.01. The quantitative estimate of drug-likeness (QED) is 0.245. The van der Waals surface area contributed by atoms with Crippen LogP contribution < -0.4 is 10.2 Å². The van der Waals surface area contributed by atoms with Gasteiger partial charge in [-0.25, -0.2) is 4.79 Å². The Kier molecular flexibility index (Phi) is 6.78. The SMILES string of the molecule is CC(C)N(CC(=O)N1c2ccccc2-n2cccc2C1c1cccc(Cl)c1)C(=O)Nc1cccc2ccccc12. The Morgan fingerprint density at radius 2 is 1.60 bits per heavy atom. The maximum Gasteiger partial charge on any atom is 0.322 e. The summed E-state index contributed by atoms with van der Waals surface area (Å²) in [5, 5.41) is 5.62. The fraction of sp³-hybridized carbons (Fsp3) is 0.152. The molecule has 0 radical (unpaired) electrons. The van der Waals surface area contributed by atoms with E-state index in [2.05, 4.69) is 9.88 Å². The molecular weight excluding hydrogens is 520 g/mol. The lowest BCUT2D eigenvalue weighted by Gasteiger charge is -2.40. The van der Waals surface area contributed by atoms with Gasteiger partial charge in [-0.1, -0.05) is 72.3 Å². The maximum atomic E-state index is 14.3. The fourth-order valence-electron chi connectivity index (χ4n) is 5.49. The summed E-state index contributed by atoms with van der Waals surface area (Å²) in [5.74, 6) is -0.188. The van der Waals surface area contributed by atoms with Gasteiger partial charge in [0.1, 0.15) is 12.6 Å². The van der Waals surface area contributed by atoms with Gasteiger partial charge in [0.05, 0.1) is 22.8 Å². The Labute approximate surface area is 238 Å². The van der Waals surface area contributed by atoms with E-state index < -0.39 is 6.04 Å². The molecule has 0 fully saturated rings. The number of rotatable bonds is 5. The van der Waals surface area contributed by atoms with Gasteiger partial charge in [0, 0.05) is 22.6 Å². The number of anilines is 2. The van der Waals surface area contributed by atoms with Gasteiger partial charge in [-0.2, -0.15) is 0 Å². The lowest BCUT2D eigenvalue weighted by Crippen LogP contribution is -2.49. The summed E-state index contributed by atoms with van der Waals surface area (Å²) < 4.78 is 2.11. The van der Waals surface area contributed by atoms with Crippen molar-refractivity contribution in [3.63, 3.8) is 0 Å². The molecule has 1 aromatic heterocycles. The molecule has 1 atom stereocenters. The molecular formula is C33H29ClN4O2. The van der Waals surface area contributed by atoms with Crippen molar-refractivity contribution in [2.24, 2.45) is 0 Å². The van der Waals surface area contributed by atoms with Crippen LogP contribution in [0.25, 0.3) is 16.5 Å². The van der Waals surface area contributed by atoms with E-state index in [9.17, 15) is 9.59 Å². The van der Waals surface area contributed by atoms with Crippen molar-refractivity contribution in [2.45, 2.75) is 25.9 Å². The molecule has 0 spiro atoms. The zero-order chi connectivity index (χ0) is 27.8. The summed E-state index contributed by atoms with van der Waals surface area (Å²) in [7, 11) is 0. The zero-order valence-electron chi connectivity index (χ0n) is 22.3. The number of benzene rings is 4. The van der Waals surface area contributed by atoms with Gasteiger partial charge in [-0.15, -0.1) is 0 Å². The van der Waals surface area contributed by atoms with Crippen LogP contribution in [0.2, 0.25) is 5.02 Å². The van der Waals surface area contributed by atoms with Crippen LogP contribution in [0.15, 0.2) is 109 Å². The maximum absolute atomic E-state index is 14.3. The van der Waals surface area contributed by atoms with Gasteiger partial charge in [-0.05, 0) is 67.3 Å². The molecule has 1 aliphatic rings. The molecule has 0 bridgehead atoms. The molecule has 0 saturated heterocycles. The Morgan fingerprint density at radius 3 is 2.40 bits per heavy atom. The van der Waals surface area contributed by atoms with E-state index in [4.69, 9.17) is 11.6 Å². The summed E-state index contributed by atoms with van der Waals surface area (Å²) in [6, 6.07) is 32.2. The molecule has 0 aliphatic carbocycles. The van der Waals surface area contributed by atoms with E-state index in [1.165, 1.54) is 0 Å². The third-order valence-electron chi connectivity index (χ3n) is 7.37. The van der Waals surface area contributed by atoms with Gasteiger partial charge in [0.2, 0.25) is 5.91 Å². The summed E-state index contributed by atoms with van der Waals surface area (Å²) in [5.41, 5.74) is 4.24. The van der Waals surface area contributed by atoms with Gasteiger partial charge in [-0.3, -0.25) is 9.69 Å². The minimum atomic E-state index is -0.411. The molecule has 2 heterocycles. The van der Waals surface area contributed by atoms with E-state index in [1.807, 2.05) is 123 Å². The second kappa shape index (κ2) is 10.5. The lowest BCUT2D eigenvalue weighted by atomic mass is 9.97. The molecule has 5 aromatic rings. The van der Waals surface area contributed by atoms with Crippen LogP contribution in [0.5, 0.6) is 0 Å². The number of amides is 3. The van der Waals surface area contributed by atoms with E-state index in [0.717, 1.165) is 33.4 Å². The van der Waals surface area contributed by atoms with Crippen molar-refractivity contribution in [2.75, 3.05) is 16.8 Å². The standard InChI is InChI=1S/C33H29ClN4O2/c1-22(2)37(33(40)35-27-15-8-11-23-10-3-4-14-26(23)27)21-31(39)38-29-17-6-5-16-28(29)36-19-9-18-30(36)32(38)24-12-7-13-25(34)20-24/h3-20,22,32H,21H2,1-2H3,(H,35,40). The Morgan fingerprint density at radius 1 is 0.875 bits per heavy atom. The second-order valence-electron chi connectivity index (χ2n) is 10.2. The summed E-state index contributed by atoms with van der Waals surface area (Å²) in [6.45, 7) is 3.74. The number of urea groups is 1. The average molecular weight is 549 g/mol. The van der Waals surface area contributed by atoms with Crippen LogP contribution in [-0.4, -0.2) is 34.0 Å². The highest BCUT2D eigenvalue weighted by Gasteiger charge is 2.37. The minimum absolute atomic E-state index is 0.0969. The van der Waals surface area contributed by atoms with Gasteiger partial charge >= 0.3 is 6.03 Å². The monoisotopic (exact) mass is 548 g/mol. The number of aromatic nitrogens is 1. The topological polar surface area (TPSA) is 57.6 Å². The molecule has 6 nitrogen and oxygen atoms in total. The molecule has 7 heteroatoms. The summed E-state index contributed by atoms with van der Waals surface area (Å²) >= 11 is 6.41. The van der Waals surface area contributed by atoms with Gasteiger partial charge in [0.15, 0.2) is 0 Å². The van der Waals surface area contributed by atoms with Crippen molar-refractivity contribution in [3.05, 3.63) is 126 Å². The van der Waals surface area contributed by atoms with E-state index >= 15 is 0 Å². The smallest absolute Gasteiger partial charge is 0.316 e. The molecule has 200 valence electrons. The fourth-order valence-corrected chi connectivity index (χ4v) is 5.69. The predicted molar refractivity (Wildman–Crippen MR) is 161 cm³/mol. The van der Waals surface area contributed by atoms with Crippen molar-refractivity contribution in [1.29, 1.82) is 0 Å². The first-order chi connectivity index (χ1) is 19.4. The van der Waals surface area contributed by atoms with Crippen molar-refractivity contribution in [1.82, 2.24) is 9.47 Å². The number of fused-ring (bicyclic) bond motifs is 4. The lowest BCUT2D eigenvalue weighted by molar-refractivity contribution is -0.119. The number of hydrogen-bond acceptors (Lipinski definition) is 2. The Bertz CT molecular complexity index is 1720. The van der Waals surface area contributed by atoms with Crippen molar-refractivity contribution >= 4 is 45.7 Å². The molecule has 1 unspecified atom stereocenters. The van der Waals surface area contributed by atoms with E-state index in [1.54, 1.807) is 9.80 Å². The number of carbonyl (C=O) groups excluding carboxylic acids is 2. The first kappa shape index (κ1) is 25.7. The Balaban J connectivity index is 1.36. The third-order valence-corrected chi connectivity index (χ3v) is 7.61. The first-order valence-corrected chi connectivity index (χ1v) is 13.7. The van der Waals surface area contributed by atoms with Crippen LogP contribution in [-0.2, 0) is 4.79 Å². The molecule has 3 amide bonds. The van der Waals surface area contributed by atoms with Crippen LogP contribution in [0.1, 0.15) is 31.1 Å². The van der Waals surface area contributed by atoms with Gasteiger partial charge < -0.3 is 14.8 Å². The second-order valence-corrected chi connectivity index (χ2v) is 10.6. The predicted octanol–water partition coefficient (Wildman–Crippen LogP) is 7.66. The highest BCUT2D eigenvalue weighted by atomic mass is 35.5. The number of hydrogen-bond donors (Lipinski definition) is 1. The van der Waals surface area contributed by atoms with E-state index in [0.29, 0.717) is 10.7 Å².